The number of hydrogen-bond donors (Lipinski definition) is 0. The first-order valence-corrected chi connectivity index (χ1v) is 10.6. The molecule has 9 heteroatoms. The van der Waals surface area contributed by atoms with E-state index in [1.807, 2.05) is 49.4 Å². The van der Waals surface area contributed by atoms with Crippen LogP contribution in [0.2, 0.25) is 5.02 Å². The predicted molar refractivity (Wildman–Crippen MR) is 117 cm³/mol. The van der Waals surface area contributed by atoms with Gasteiger partial charge in [0.2, 0.25) is 11.8 Å². The van der Waals surface area contributed by atoms with Crippen molar-refractivity contribution in [2.24, 2.45) is 0 Å². The van der Waals surface area contributed by atoms with Crippen molar-refractivity contribution >= 4 is 34.4 Å². The van der Waals surface area contributed by atoms with Crippen molar-refractivity contribution < 1.29 is 13.9 Å². The van der Waals surface area contributed by atoms with Crippen LogP contribution in [0, 0.1) is 0 Å². The molecule has 0 fully saturated rings. The van der Waals surface area contributed by atoms with E-state index in [1.165, 1.54) is 0 Å². The highest BCUT2D eigenvalue weighted by Crippen LogP contribution is 2.36. The summed E-state index contributed by atoms with van der Waals surface area (Å²) in [7, 11) is 3.32. The Kier molecular flexibility index (Phi) is 6.26. The van der Waals surface area contributed by atoms with Crippen LogP contribution in [-0.2, 0) is 11.3 Å². The van der Waals surface area contributed by atoms with Gasteiger partial charge in [0.15, 0.2) is 5.16 Å². The number of halogens is 1. The summed E-state index contributed by atoms with van der Waals surface area (Å²) in [6.45, 7) is 3.28. The molecule has 2 aromatic heterocycles. The number of benzene rings is 2. The minimum atomic E-state index is -0.0851. The monoisotopic (exact) mass is 444 g/mol. The van der Waals surface area contributed by atoms with Gasteiger partial charge >= 0.3 is 0 Å². The smallest absolute Gasteiger partial charge is 0.247 e. The highest BCUT2D eigenvalue weighted by molar-refractivity contribution is 7.99. The van der Waals surface area contributed by atoms with E-state index in [-0.39, 0.29) is 5.25 Å². The first-order chi connectivity index (χ1) is 14.6. The molecule has 4 aromatic rings. The number of nitrogens with zero attached hydrogens (tertiary/aromatic N) is 4. The molecule has 1 unspecified atom stereocenters. The zero-order valence-electron chi connectivity index (χ0n) is 16.8. The van der Waals surface area contributed by atoms with E-state index in [0.717, 1.165) is 27.5 Å². The predicted octanol–water partition coefficient (Wildman–Crippen LogP) is 5.25. The summed E-state index contributed by atoms with van der Waals surface area (Å²) in [5, 5.41) is 9.86. The van der Waals surface area contributed by atoms with Crippen LogP contribution in [0.4, 0.5) is 0 Å². The molecule has 0 N–H and O–H groups in total. The number of thioether (sulfide) groups is 1. The lowest BCUT2D eigenvalue weighted by molar-refractivity contribution is 0.186. The van der Waals surface area contributed by atoms with E-state index in [0.29, 0.717) is 30.0 Å². The summed E-state index contributed by atoms with van der Waals surface area (Å²) < 4.78 is 18.5. The third-order valence-corrected chi connectivity index (χ3v) is 5.91. The van der Waals surface area contributed by atoms with Crippen LogP contribution in [0.3, 0.4) is 0 Å². The lowest BCUT2D eigenvalue weighted by Gasteiger charge is -2.10. The Morgan fingerprint density at radius 3 is 2.67 bits per heavy atom. The van der Waals surface area contributed by atoms with Crippen LogP contribution in [-0.4, -0.2) is 40.6 Å². The number of hydrogen-bond acceptors (Lipinski definition) is 7. The van der Waals surface area contributed by atoms with Crippen LogP contribution in [0.15, 0.2) is 52.0 Å². The van der Waals surface area contributed by atoms with Crippen molar-refractivity contribution in [3.63, 3.8) is 0 Å². The van der Waals surface area contributed by atoms with Crippen molar-refractivity contribution in [2.45, 2.75) is 23.9 Å². The van der Waals surface area contributed by atoms with Crippen molar-refractivity contribution in [2.75, 3.05) is 20.8 Å². The molecule has 0 aliphatic rings. The van der Waals surface area contributed by atoms with Crippen LogP contribution in [0.1, 0.15) is 18.1 Å². The molecule has 30 heavy (non-hydrogen) atoms. The van der Waals surface area contributed by atoms with Gasteiger partial charge in [-0.25, -0.2) is 4.98 Å². The number of ether oxygens (including phenoxy) is 2. The van der Waals surface area contributed by atoms with Crippen molar-refractivity contribution in [1.29, 1.82) is 0 Å². The second-order valence-electron chi connectivity index (χ2n) is 6.61. The fourth-order valence-corrected chi connectivity index (χ4v) is 4.17. The Hall–Kier alpha value is -2.55. The third kappa shape index (κ3) is 4.30. The number of fused-ring (bicyclic) bond motifs is 1. The minimum Gasteiger partial charge on any atom is -0.497 e. The molecule has 0 aliphatic heterocycles. The van der Waals surface area contributed by atoms with Crippen LogP contribution >= 0.6 is 23.4 Å². The standard InChI is InChI=1S/C21H21ClN4O3S/c1-13(19-24-25-20(29-19)14-4-7-16(28-3)8-5-14)30-21-23-17-12-15(22)6-9-18(17)26(21)10-11-27-2/h4-9,12-13H,10-11H2,1-3H3. The maximum atomic E-state index is 6.14. The van der Waals surface area contributed by atoms with Gasteiger partial charge in [0, 0.05) is 24.2 Å². The van der Waals surface area contributed by atoms with Crippen molar-refractivity contribution in [1.82, 2.24) is 19.7 Å². The highest BCUT2D eigenvalue weighted by Gasteiger charge is 2.20. The molecule has 2 aromatic carbocycles. The second-order valence-corrected chi connectivity index (χ2v) is 8.35. The van der Waals surface area contributed by atoms with Gasteiger partial charge in [-0.15, -0.1) is 10.2 Å². The topological polar surface area (TPSA) is 75.2 Å². The van der Waals surface area contributed by atoms with Crippen LogP contribution in [0.25, 0.3) is 22.5 Å². The van der Waals surface area contributed by atoms with Gasteiger partial charge < -0.3 is 18.5 Å². The highest BCUT2D eigenvalue weighted by atomic mass is 35.5. The van der Waals surface area contributed by atoms with Crippen LogP contribution in [0.5, 0.6) is 5.75 Å². The Bertz CT molecular complexity index is 1140. The van der Waals surface area contributed by atoms with Gasteiger partial charge in [0.05, 0.1) is 30.0 Å². The first kappa shape index (κ1) is 20.7. The van der Waals surface area contributed by atoms with E-state index in [2.05, 4.69) is 14.8 Å². The average molecular weight is 445 g/mol. The van der Waals surface area contributed by atoms with Gasteiger partial charge in [-0.1, -0.05) is 23.4 Å². The van der Waals surface area contributed by atoms with E-state index in [4.69, 9.17) is 30.5 Å². The second kappa shape index (κ2) is 9.07. The summed E-state index contributed by atoms with van der Waals surface area (Å²) in [6.07, 6.45) is 0. The molecule has 0 amide bonds. The lowest BCUT2D eigenvalue weighted by Crippen LogP contribution is -2.06. The molecule has 2 heterocycles. The summed E-state index contributed by atoms with van der Waals surface area (Å²) >= 11 is 7.70. The van der Waals surface area contributed by atoms with Gasteiger partial charge in [0.25, 0.3) is 0 Å². The van der Waals surface area contributed by atoms with Gasteiger partial charge in [0.1, 0.15) is 5.75 Å². The summed E-state index contributed by atoms with van der Waals surface area (Å²) in [5.74, 6) is 1.78. The maximum Gasteiger partial charge on any atom is 0.247 e. The number of imidazole rings is 1. The zero-order valence-corrected chi connectivity index (χ0v) is 18.4. The lowest BCUT2D eigenvalue weighted by atomic mass is 10.2. The maximum absolute atomic E-state index is 6.14. The molecule has 0 spiro atoms. The van der Waals surface area contributed by atoms with E-state index in [1.54, 1.807) is 26.0 Å². The van der Waals surface area contributed by atoms with Crippen LogP contribution < -0.4 is 4.74 Å². The Morgan fingerprint density at radius 2 is 1.93 bits per heavy atom. The molecule has 7 nitrogen and oxygen atoms in total. The summed E-state index contributed by atoms with van der Waals surface area (Å²) in [5.41, 5.74) is 2.70. The molecule has 0 saturated carbocycles. The van der Waals surface area contributed by atoms with Crippen molar-refractivity contribution in [3.05, 3.63) is 53.4 Å². The number of methoxy groups -OCH3 is 2. The van der Waals surface area contributed by atoms with Gasteiger partial charge in [-0.05, 0) is 49.4 Å². The third-order valence-electron chi connectivity index (χ3n) is 4.60. The molecular formula is C21H21ClN4O3S. The Balaban J connectivity index is 1.58. The minimum absolute atomic E-state index is 0.0851. The molecular weight excluding hydrogens is 424 g/mol. The first-order valence-electron chi connectivity index (χ1n) is 9.38. The fraction of sp³-hybridized carbons (Fsp3) is 0.286. The van der Waals surface area contributed by atoms with E-state index < -0.39 is 0 Å². The summed E-state index contributed by atoms with van der Waals surface area (Å²) in [6, 6.07) is 13.2. The molecule has 0 radical (unpaired) electrons. The number of aromatic nitrogens is 4. The normalized spacial score (nSPS) is 12.4. The van der Waals surface area contributed by atoms with Crippen molar-refractivity contribution in [3.8, 4) is 17.2 Å². The average Bonchev–Trinajstić information content (AvgIpc) is 3.37. The quantitative estimate of drug-likeness (QED) is 0.343. The molecule has 0 saturated heterocycles. The molecule has 1 atom stereocenters. The van der Waals surface area contributed by atoms with E-state index in [9.17, 15) is 0 Å². The van der Waals surface area contributed by atoms with Gasteiger partial charge in [-0.3, -0.25) is 0 Å². The largest absolute Gasteiger partial charge is 0.497 e. The molecule has 0 bridgehead atoms. The zero-order chi connectivity index (χ0) is 21.1. The Morgan fingerprint density at radius 1 is 1.13 bits per heavy atom. The van der Waals surface area contributed by atoms with E-state index >= 15 is 0 Å². The SMILES string of the molecule is COCCn1c(SC(C)c2nnc(-c3ccc(OC)cc3)o2)nc2cc(Cl)ccc21. The number of rotatable bonds is 8. The fourth-order valence-electron chi connectivity index (χ4n) is 3.03. The molecule has 0 aliphatic carbocycles. The van der Waals surface area contributed by atoms with Gasteiger partial charge in [-0.2, -0.15) is 0 Å². The Labute approximate surface area is 183 Å². The summed E-state index contributed by atoms with van der Waals surface area (Å²) in [4.78, 5) is 4.76. The molecule has 156 valence electrons. The molecule has 4 rings (SSSR count).